The van der Waals surface area contributed by atoms with Gasteiger partial charge in [0.25, 0.3) is 5.56 Å². The second-order valence-corrected chi connectivity index (χ2v) is 7.43. The van der Waals surface area contributed by atoms with Crippen LogP contribution in [-0.4, -0.2) is 26.5 Å². The number of aryl methyl sites for hydroxylation is 2. The lowest BCUT2D eigenvalue weighted by Crippen LogP contribution is -2.35. The normalized spacial score (nSPS) is 12.1. The van der Waals surface area contributed by atoms with E-state index in [4.69, 9.17) is 0 Å². The number of aromatic nitrogens is 2. The van der Waals surface area contributed by atoms with Crippen molar-refractivity contribution in [3.8, 4) is 0 Å². The lowest BCUT2D eigenvalue weighted by atomic mass is 10.1. The molecule has 0 aliphatic rings. The summed E-state index contributed by atoms with van der Waals surface area (Å²) < 4.78 is 1.32. The number of benzene rings is 1. The van der Waals surface area contributed by atoms with Crippen molar-refractivity contribution in [3.05, 3.63) is 57.0 Å². The van der Waals surface area contributed by atoms with Gasteiger partial charge in [-0.05, 0) is 31.9 Å². The SMILES string of the molecule is CCCc1nc2scc(C(=O)O)c2c(=O)n1C(C)C(=O)Nc1ccccc1C. The number of fused-ring (bicyclic) bond motifs is 1. The van der Waals surface area contributed by atoms with Gasteiger partial charge in [-0.2, -0.15) is 0 Å². The molecule has 7 nitrogen and oxygen atoms in total. The maximum Gasteiger partial charge on any atom is 0.337 e. The number of aromatic carboxylic acids is 1. The summed E-state index contributed by atoms with van der Waals surface area (Å²) in [4.78, 5) is 42.4. The van der Waals surface area contributed by atoms with Crippen LogP contribution in [0.4, 0.5) is 5.69 Å². The first-order valence-electron chi connectivity index (χ1n) is 8.97. The van der Waals surface area contributed by atoms with E-state index in [9.17, 15) is 19.5 Å². The topological polar surface area (TPSA) is 101 Å². The molecule has 0 aliphatic carbocycles. The van der Waals surface area contributed by atoms with E-state index in [-0.39, 0.29) is 16.9 Å². The van der Waals surface area contributed by atoms with Crippen molar-refractivity contribution in [2.45, 2.75) is 39.7 Å². The molecule has 0 spiro atoms. The molecular formula is C20H21N3O4S. The van der Waals surface area contributed by atoms with Crippen LogP contribution >= 0.6 is 11.3 Å². The third kappa shape index (κ3) is 3.55. The zero-order valence-corrected chi connectivity index (χ0v) is 16.7. The molecule has 1 atom stereocenters. The van der Waals surface area contributed by atoms with Crippen molar-refractivity contribution in [2.24, 2.45) is 0 Å². The van der Waals surface area contributed by atoms with E-state index in [0.717, 1.165) is 23.3 Å². The molecule has 2 heterocycles. The van der Waals surface area contributed by atoms with Crippen LogP contribution in [0.25, 0.3) is 10.2 Å². The van der Waals surface area contributed by atoms with Crippen molar-refractivity contribution in [2.75, 3.05) is 5.32 Å². The smallest absolute Gasteiger partial charge is 0.337 e. The Balaban J connectivity index is 2.10. The zero-order chi connectivity index (χ0) is 20.4. The first-order valence-corrected chi connectivity index (χ1v) is 9.85. The van der Waals surface area contributed by atoms with E-state index in [2.05, 4.69) is 10.3 Å². The lowest BCUT2D eigenvalue weighted by Gasteiger charge is -2.19. The molecule has 28 heavy (non-hydrogen) atoms. The van der Waals surface area contributed by atoms with E-state index in [1.807, 2.05) is 32.0 Å². The number of para-hydroxylation sites is 1. The van der Waals surface area contributed by atoms with Gasteiger partial charge in [0.1, 0.15) is 16.7 Å². The van der Waals surface area contributed by atoms with Crippen molar-refractivity contribution < 1.29 is 14.7 Å². The van der Waals surface area contributed by atoms with Gasteiger partial charge >= 0.3 is 5.97 Å². The summed E-state index contributed by atoms with van der Waals surface area (Å²) in [5.74, 6) is -1.06. The van der Waals surface area contributed by atoms with Gasteiger partial charge in [0, 0.05) is 17.5 Å². The highest BCUT2D eigenvalue weighted by molar-refractivity contribution is 7.17. The fourth-order valence-electron chi connectivity index (χ4n) is 3.07. The Bertz CT molecular complexity index is 1120. The average molecular weight is 399 g/mol. The highest BCUT2D eigenvalue weighted by Gasteiger charge is 2.25. The number of nitrogens with zero attached hydrogens (tertiary/aromatic N) is 2. The number of amides is 1. The fraction of sp³-hybridized carbons (Fsp3) is 0.300. The van der Waals surface area contributed by atoms with Crippen LogP contribution in [0, 0.1) is 6.92 Å². The number of carboxylic acid groups (broad SMARTS) is 1. The molecule has 3 rings (SSSR count). The maximum atomic E-state index is 13.2. The predicted octanol–water partition coefficient (Wildman–Crippen LogP) is 3.62. The van der Waals surface area contributed by atoms with Crippen molar-refractivity contribution >= 4 is 39.1 Å². The molecule has 0 aliphatic heterocycles. The number of nitrogens with one attached hydrogen (secondary N) is 1. The Kier molecular flexibility index (Phi) is 5.60. The van der Waals surface area contributed by atoms with Gasteiger partial charge in [-0.1, -0.05) is 25.1 Å². The van der Waals surface area contributed by atoms with Crippen LogP contribution in [0.15, 0.2) is 34.4 Å². The third-order valence-electron chi connectivity index (χ3n) is 4.59. The van der Waals surface area contributed by atoms with E-state index in [1.54, 1.807) is 13.0 Å². The van der Waals surface area contributed by atoms with Gasteiger partial charge in [0.15, 0.2) is 0 Å². The number of carbonyl (C=O) groups is 2. The molecule has 0 saturated carbocycles. The van der Waals surface area contributed by atoms with E-state index >= 15 is 0 Å². The minimum absolute atomic E-state index is 0.0490. The maximum absolute atomic E-state index is 13.2. The summed E-state index contributed by atoms with van der Waals surface area (Å²) in [5.41, 5.74) is 0.990. The summed E-state index contributed by atoms with van der Waals surface area (Å²) in [6, 6.07) is 6.53. The summed E-state index contributed by atoms with van der Waals surface area (Å²) in [6.45, 7) is 5.46. The lowest BCUT2D eigenvalue weighted by molar-refractivity contribution is -0.118. The monoisotopic (exact) mass is 399 g/mol. The quantitative estimate of drug-likeness (QED) is 0.659. The Hall–Kier alpha value is -3.00. The molecule has 1 amide bonds. The molecule has 2 aromatic heterocycles. The number of thiophene rings is 1. The molecule has 8 heteroatoms. The van der Waals surface area contributed by atoms with Gasteiger partial charge in [-0.25, -0.2) is 9.78 Å². The Labute approximate surface area is 165 Å². The summed E-state index contributed by atoms with van der Waals surface area (Å²) in [6.07, 6.45) is 1.24. The first kappa shape index (κ1) is 19.8. The van der Waals surface area contributed by atoms with E-state index in [0.29, 0.717) is 22.8 Å². The second kappa shape index (κ2) is 7.93. The highest BCUT2D eigenvalue weighted by atomic mass is 32.1. The molecule has 0 radical (unpaired) electrons. The predicted molar refractivity (Wildman–Crippen MR) is 109 cm³/mol. The van der Waals surface area contributed by atoms with Crippen molar-refractivity contribution in [3.63, 3.8) is 0 Å². The molecule has 146 valence electrons. The van der Waals surface area contributed by atoms with Crippen LogP contribution in [0.5, 0.6) is 0 Å². The Morgan fingerprint density at radius 3 is 2.68 bits per heavy atom. The average Bonchev–Trinajstić information content (AvgIpc) is 3.08. The summed E-state index contributed by atoms with van der Waals surface area (Å²) in [7, 11) is 0. The Morgan fingerprint density at radius 2 is 2.04 bits per heavy atom. The van der Waals surface area contributed by atoms with Crippen molar-refractivity contribution in [1.82, 2.24) is 9.55 Å². The van der Waals surface area contributed by atoms with Crippen LogP contribution in [0.1, 0.15) is 48.1 Å². The van der Waals surface area contributed by atoms with Gasteiger partial charge < -0.3 is 10.4 Å². The molecule has 1 aromatic carbocycles. The molecule has 3 aromatic rings. The van der Waals surface area contributed by atoms with Crippen LogP contribution in [0.2, 0.25) is 0 Å². The fourth-order valence-corrected chi connectivity index (χ4v) is 3.99. The Morgan fingerprint density at radius 1 is 1.32 bits per heavy atom. The number of carboxylic acids is 1. The van der Waals surface area contributed by atoms with Crippen molar-refractivity contribution in [1.29, 1.82) is 0 Å². The molecular weight excluding hydrogens is 378 g/mol. The third-order valence-corrected chi connectivity index (χ3v) is 5.46. The van der Waals surface area contributed by atoms with Gasteiger partial charge in [-0.3, -0.25) is 14.2 Å². The van der Waals surface area contributed by atoms with Crippen LogP contribution < -0.4 is 10.9 Å². The first-order chi connectivity index (χ1) is 13.3. The standard InChI is InChI=1S/C20H21N3O4S/c1-4-7-15-22-18-16(13(10-28-18)20(26)27)19(25)23(15)12(3)17(24)21-14-9-6-5-8-11(14)2/h5-6,8-10,12H,4,7H2,1-3H3,(H,21,24)(H,26,27). The number of carbonyl (C=O) groups excluding carboxylic acids is 1. The minimum Gasteiger partial charge on any atom is -0.478 e. The molecule has 0 fully saturated rings. The van der Waals surface area contributed by atoms with Crippen LogP contribution in [0.3, 0.4) is 0 Å². The number of hydrogen-bond acceptors (Lipinski definition) is 5. The van der Waals surface area contributed by atoms with E-state index < -0.39 is 17.6 Å². The molecule has 0 saturated heterocycles. The largest absolute Gasteiger partial charge is 0.478 e. The summed E-state index contributed by atoms with van der Waals surface area (Å²) in [5, 5.41) is 13.7. The number of anilines is 1. The van der Waals surface area contributed by atoms with Gasteiger partial charge in [0.2, 0.25) is 5.91 Å². The highest BCUT2D eigenvalue weighted by Crippen LogP contribution is 2.24. The summed E-state index contributed by atoms with van der Waals surface area (Å²) >= 11 is 1.12. The van der Waals surface area contributed by atoms with Gasteiger partial charge in [0.05, 0.1) is 10.9 Å². The second-order valence-electron chi connectivity index (χ2n) is 6.57. The number of hydrogen-bond donors (Lipinski definition) is 2. The number of rotatable bonds is 6. The minimum atomic E-state index is -1.18. The van der Waals surface area contributed by atoms with Gasteiger partial charge in [-0.15, -0.1) is 11.3 Å². The zero-order valence-electron chi connectivity index (χ0n) is 15.9. The molecule has 2 N–H and O–H groups in total. The molecule has 1 unspecified atom stereocenters. The van der Waals surface area contributed by atoms with E-state index in [1.165, 1.54) is 9.95 Å². The van der Waals surface area contributed by atoms with Crippen LogP contribution in [-0.2, 0) is 11.2 Å². The molecule has 0 bridgehead atoms.